The Balaban J connectivity index is 1.91. The molecule has 1 aromatic heterocycles. The van der Waals surface area contributed by atoms with Gasteiger partial charge in [0.15, 0.2) is 0 Å². The van der Waals surface area contributed by atoms with Gasteiger partial charge in [-0.05, 0) is 37.1 Å². The number of nitriles is 1. The second kappa shape index (κ2) is 6.24. The van der Waals surface area contributed by atoms with E-state index in [1.807, 2.05) is 6.07 Å². The molecule has 0 radical (unpaired) electrons. The molecule has 0 N–H and O–H groups in total. The molecule has 0 unspecified atom stereocenters. The van der Waals surface area contributed by atoms with Crippen LogP contribution in [-0.2, 0) is 0 Å². The second-order valence-electron chi connectivity index (χ2n) is 5.18. The maximum absolute atomic E-state index is 13.1. The van der Waals surface area contributed by atoms with Gasteiger partial charge in [0, 0.05) is 18.2 Å². The second-order valence-corrected chi connectivity index (χ2v) is 6.04. The van der Waals surface area contributed by atoms with E-state index < -0.39 is 0 Å². The molecule has 1 aromatic carbocycles. The SMILES string of the molecule is N#CCCN(C(=O)c1scnc1C1CC1)c1ccc(F)cc1. The molecule has 1 aliphatic carbocycles. The zero-order chi connectivity index (χ0) is 15.5. The molecule has 6 heteroatoms. The van der Waals surface area contributed by atoms with Crippen LogP contribution in [-0.4, -0.2) is 17.4 Å². The summed E-state index contributed by atoms with van der Waals surface area (Å²) in [6.07, 6.45) is 2.36. The molecule has 0 saturated heterocycles. The van der Waals surface area contributed by atoms with Crippen molar-refractivity contribution in [3.05, 3.63) is 46.2 Å². The summed E-state index contributed by atoms with van der Waals surface area (Å²) >= 11 is 1.33. The third kappa shape index (κ3) is 3.00. The molecule has 1 aliphatic rings. The molecule has 22 heavy (non-hydrogen) atoms. The Labute approximate surface area is 131 Å². The topological polar surface area (TPSA) is 57.0 Å². The number of hydrogen-bond donors (Lipinski definition) is 0. The van der Waals surface area contributed by atoms with Crippen LogP contribution in [0.1, 0.15) is 40.5 Å². The van der Waals surface area contributed by atoms with E-state index in [-0.39, 0.29) is 24.7 Å². The number of anilines is 1. The van der Waals surface area contributed by atoms with Crippen molar-refractivity contribution in [2.75, 3.05) is 11.4 Å². The first-order valence-electron chi connectivity index (χ1n) is 7.08. The van der Waals surface area contributed by atoms with E-state index in [0.717, 1.165) is 18.5 Å². The Morgan fingerprint density at radius 1 is 1.41 bits per heavy atom. The van der Waals surface area contributed by atoms with Crippen molar-refractivity contribution in [3.8, 4) is 6.07 Å². The van der Waals surface area contributed by atoms with Crippen LogP contribution in [0, 0.1) is 17.1 Å². The van der Waals surface area contributed by atoms with Crippen LogP contribution >= 0.6 is 11.3 Å². The smallest absolute Gasteiger partial charge is 0.270 e. The zero-order valence-corrected chi connectivity index (χ0v) is 12.6. The molecule has 1 fully saturated rings. The summed E-state index contributed by atoms with van der Waals surface area (Å²) in [7, 11) is 0. The fourth-order valence-electron chi connectivity index (χ4n) is 2.32. The molecule has 112 valence electrons. The highest BCUT2D eigenvalue weighted by atomic mass is 32.1. The molecule has 0 bridgehead atoms. The first-order valence-corrected chi connectivity index (χ1v) is 7.96. The molecule has 0 spiro atoms. The van der Waals surface area contributed by atoms with Crippen LogP contribution in [0.5, 0.6) is 0 Å². The molecule has 0 aliphatic heterocycles. The van der Waals surface area contributed by atoms with E-state index in [1.54, 1.807) is 17.6 Å². The standard InChI is InChI=1S/C16H14FN3OS/c17-12-4-6-13(7-5-12)20(9-1-8-18)16(21)15-14(11-2-3-11)19-10-22-15/h4-7,10-11H,1-3,9H2. The van der Waals surface area contributed by atoms with Crippen molar-refractivity contribution < 1.29 is 9.18 Å². The summed E-state index contributed by atoms with van der Waals surface area (Å²) in [5.41, 5.74) is 3.14. The molecule has 1 saturated carbocycles. The van der Waals surface area contributed by atoms with Crippen LogP contribution in [0.3, 0.4) is 0 Å². The number of carbonyl (C=O) groups is 1. The number of benzene rings is 1. The number of rotatable bonds is 5. The number of amides is 1. The third-order valence-corrected chi connectivity index (χ3v) is 4.41. The normalized spacial score (nSPS) is 13.6. The first kappa shape index (κ1) is 14.7. The van der Waals surface area contributed by atoms with Gasteiger partial charge in [0.2, 0.25) is 0 Å². The monoisotopic (exact) mass is 315 g/mol. The van der Waals surface area contributed by atoms with Crippen molar-refractivity contribution in [1.82, 2.24) is 4.98 Å². The summed E-state index contributed by atoms with van der Waals surface area (Å²) in [5, 5.41) is 8.81. The number of carbonyl (C=O) groups excluding carboxylic acids is 1. The van der Waals surface area contributed by atoms with E-state index >= 15 is 0 Å². The Kier molecular flexibility index (Phi) is 4.16. The highest BCUT2D eigenvalue weighted by Gasteiger charge is 2.32. The predicted octanol–water partition coefficient (Wildman–Crippen LogP) is 3.72. The highest BCUT2D eigenvalue weighted by molar-refractivity contribution is 7.12. The molecule has 3 rings (SSSR count). The van der Waals surface area contributed by atoms with Gasteiger partial charge in [0.25, 0.3) is 5.91 Å². The first-order chi connectivity index (χ1) is 10.7. The molecular weight excluding hydrogens is 301 g/mol. The summed E-state index contributed by atoms with van der Waals surface area (Å²) in [6, 6.07) is 7.80. The van der Waals surface area contributed by atoms with Gasteiger partial charge in [-0.25, -0.2) is 9.37 Å². The van der Waals surface area contributed by atoms with Crippen LogP contribution in [0.4, 0.5) is 10.1 Å². The van der Waals surface area contributed by atoms with Gasteiger partial charge in [-0.15, -0.1) is 11.3 Å². The number of thiazole rings is 1. The lowest BCUT2D eigenvalue weighted by atomic mass is 10.2. The van der Waals surface area contributed by atoms with Crippen molar-refractivity contribution in [1.29, 1.82) is 5.26 Å². The lowest BCUT2D eigenvalue weighted by molar-refractivity contribution is 0.0990. The van der Waals surface area contributed by atoms with Crippen molar-refractivity contribution in [2.45, 2.75) is 25.2 Å². The predicted molar refractivity (Wildman–Crippen MR) is 82.4 cm³/mol. The van der Waals surface area contributed by atoms with Gasteiger partial charge in [-0.1, -0.05) is 0 Å². The van der Waals surface area contributed by atoms with Crippen molar-refractivity contribution >= 4 is 22.9 Å². The van der Waals surface area contributed by atoms with Crippen molar-refractivity contribution in [2.24, 2.45) is 0 Å². The summed E-state index contributed by atoms with van der Waals surface area (Å²) in [6.45, 7) is 0.281. The number of nitrogens with zero attached hydrogens (tertiary/aromatic N) is 3. The lowest BCUT2D eigenvalue weighted by Gasteiger charge is -2.21. The van der Waals surface area contributed by atoms with Gasteiger partial charge in [0.1, 0.15) is 10.7 Å². The summed E-state index contributed by atoms with van der Waals surface area (Å²) in [5.74, 6) is -0.129. The van der Waals surface area contributed by atoms with E-state index in [1.165, 1.54) is 28.4 Å². The lowest BCUT2D eigenvalue weighted by Crippen LogP contribution is -2.31. The Hall–Kier alpha value is -2.26. The van der Waals surface area contributed by atoms with E-state index in [0.29, 0.717) is 16.5 Å². The molecule has 1 amide bonds. The van der Waals surface area contributed by atoms with Gasteiger partial charge in [-0.2, -0.15) is 5.26 Å². The maximum Gasteiger partial charge on any atom is 0.270 e. The van der Waals surface area contributed by atoms with Gasteiger partial charge >= 0.3 is 0 Å². The minimum Gasteiger partial charge on any atom is -0.307 e. The van der Waals surface area contributed by atoms with E-state index in [9.17, 15) is 9.18 Å². The largest absolute Gasteiger partial charge is 0.307 e. The summed E-state index contributed by atoms with van der Waals surface area (Å²) < 4.78 is 13.1. The summed E-state index contributed by atoms with van der Waals surface area (Å²) in [4.78, 5) is 19.3. The third-order valence-electron chi connectivity index (χ3n) is 3.58. The van der Waals surface area contributed by atoms with E-state index in [2.05, 4.69) is 4.98 Å². The Morgan fingerprint density at radius 3 is 2.77 bits per heavy atom. The highest BCUT2D eigenvalue weighted by Crippen LogP contribution is 2.42. The Morgan fingerprint density at radius 2 is 2.14 bits per heavy atom. The fraction of sp³-hybridized carbons (Fsp3) is 0.312. The van der Waals surface area contributed by atoms with Crippen LogP contribution in [0.15, 0.2) is 29.8 Å². The van der Waals surface area contributed by atoms with Crippen LogP contribution < -0.4 is 4.90 Å². The molecular formula is C16H14FN3OS. The quantitative estimate of drug-likeness (QED) is 0.845. The van der Waals surface area contributed by atoms with Gasteiger partial charge in [-0.3, -0.25) is 4.79 Å². The fourth-order valence-corrected chi connectivity index (χ4v) is 3.14. The van der Waals surface area contributed by atoms with E-state index in [4.69, 9.17) is 5.26 Å². The van der Waals surface area contributed by atoms with Crippen LogP contribution in [0.25, 0.3) is 0 Å². The van der Waals surface area contributed by atoms with Gasteiger partial charge < -0.3 is 4.90 Å². The van der Waals surface area contributed by atoms with Crippen LogP contribution in [0.2, 0.25) is 0 Å². The molecule has 1 heterocycles. The molecule has 4 nitrogen and oxygen atoms in total. The van der Waals surface area contributed by atoms with Crippen molar-refractivity contribution in [3.63, 3.8) is 0 Å². The van der Waals surface area contributed by atoms with Gasteiger partial charge in [0.05, 0.1) is 23.7 Å². The Bertz CT molecular complexity index is 716. The average Bonchev–Trinajstić information content (AvgIpc) is 3.26. The molecule has 0 atom stereocenters. The number of hydrogen-bond acceptors (Lipinski definition) is 4. The average molecular weight is 315 g/mol. The number of aromatic nitrogens is 1. The number of halogens is 1. The maximum atomic E-state index is 13.1. The zero-order valence-electron chi connectivity index (χ0n) is 11.8. The molecule has 2 aromatic rings. The minimum absolute atomic E-state index is 0.161. The minimum atomic E-state index is -0.354.